The number of rotatable bonds is 5. The number of aliphatic imine (C=N–C) groups is 2. The molecule has 1 rings (SSSR count). The van der Waals surface area contributed by atoms with Crippen LogP contribution in [0.25, 0.3) is 0 Å². The minimum Gasteiger partial charge on any atom is -0.265 e. The zero-order chi connectivity index (χ0) is 11.8. The summed E-state index contributed by atoms with van der Waals surface area (Å²) in [7, 11) is 0. The van der Waals surface area contributed by atoms with E-state index < -0.39 is 0 Å². The van der Waals surface area contributed by atoms with Crippen LogP contribution in [0.5, 0.6) is 0 Å². The molecule has 1 aliphatic heterocycles. The Morgan fingerprint density at radius 1 is 1.56 bits per heavy atom. The lowest BCUT2D eigenvalue weighted by atomic mass is 10.4. The highest BCUT2D eigenvalue weighted by Gasteiger charge is 2.13. The molecule has 90 valence electrons. The first kappa shape index (κ1) is 13.5. The third kappa shape index (κ3) is 4.94. The lowest BCUT2D eigenvalue weighted by Gasteiger charge is -2.11. The van der Waals surface area contributed by atoms with E-state index in [0.29, 0.717) is 0 Å². The predicted octanol–water partition coefficient (Wildman–Crippen LogP) is 3.14. The Kier molecular flexibility index (Phi) is 6.42. The Morgan fingerprint density at radius 3 is 3.06 bits per heavy atom. The van der Waals surface area contributed by atoms with E-state index >= 15 is 0 Å². The van der Waals surface area contributed by atoms with Crippen molar-refractivity contribution in [2.75, 3.05) is 19.6 Å². The normalized spacial score (nSPS) is 18.4. The van der Waals surface area contributed by atoms with Crippen LogP contribution in [0.2, 0.25) is 0 Å². The van der Waals surface area contributed by atoms with Crippen molar-refractivity contribution in [3.8, 4) is 0 Å². The van der Waals surface area contributed by atoms with Gasteiger partial charge in [-0.1, -0.05) is 19.9 Å². The molecule has 0 amide bonds. The van der Waals surface area contributed by atoms with Gasteiger partial charge >= 0.3 is 0 Å². The van der Waals surface area contributed by atoms with Crippen LogP contribution in [0.3, 0.4) is 0 Å². The van der Waals surface area contributed by atoms with Gasteiger partial charge in [-0.25, -0.2) is 9.30 Å². The average molecular weight is 239 g/mol. The molecule has 1 aliphatic rings. The molecule has 4 heteroatoms. The second-order valence-electron chi connectivity index (χ2n) is 3.73. The van der Waals surface area contributed by atoms with Gasteiger partial charge in [0.25, 0.3) is 0 Å². The molecule has 3 nitrogen and oxygen atoms in total. The molecule has 0 atom stereocenters. The van der Waals surface area contributed by atoms with Gasteiger partial charge < -0.3 is 0 Å². The number of amidine groups is 1. The molecular formula is C12H21N3S. The van der Waals surface area contributed by atoms with E-state index in [2.05, 4.69) is 34.2 Å². The van der Waals surface area contributed by atoms with Crippen LogP contribution in [-0.4, -0.2) is 36.0 Å². The minimum absolute atomic E-state index is 0.776. The van der Waals surface area contributed by atoms with Crippen LogP contribution in [0.4, 0.5) is 0 Å². The summed E-state index contributed by atoms with van der Waals surface area (Å²) in [6, 6.07) is 0. The lowest BCUT2D eigenvalue weighted by Crippen LogP contribution is -2.12. The van der Waals surface area contributed by atoms with E-state index in [1.54, 1.807) is 0 Å². The van der Waals surface area contributed by atoms with Gasteiger partial charge in [0, 0.05) is 24.2 Å². The van der Waals surface area contributed by atoms with Crippen LogP contribution in [0.15, 0.2) is 21.0 Å². The van der Waals surface area contributed by atoms with E-state index in [4.69, 9.17) is 0 Å². The highest BCUT2D eigenvalue weighted by molar-refractivity contribution is 8.01. The number of hydrogen-bond acceptors (Lipinski definition) is 3. The fraction of sp³-hybridized carbons (Fsp3) is 0.667. The third-order valence-electron chi connectivity index (χ3n) is 2.17. The zero-order valence-electron chi connectivity index (χ0n) is 10.4. The van der Waals surface area contributed by atoms with Crippen molar-refractivity contribution >= 4 is 24.0 Å². The van der Waals surface area contributed by atoms with Crippen molar-refractivity contribution < 1.29 is 0 Å². The predicted molar refractivity (Wildman–Crippen MR) is 74.3 cm³/mol. The quantitative estimate of drug-likeness (QED) is 0.419. The maximum absolute atomic E-state index is 4.44. The summed E-state index contributed by atoms with van der Waals surface area (Å²) in [5.41, 5.74) is 0. The molecule has 0 unspecified atom stereocenters. The topological polar surface area (TPSA) is 28.0 Å². The van der Waals surface area contributed by atoms with Crippen LogP contribution < -0.4 is 0 Å². The van der Waals surface area contributed by atoms with Gasteiger partial charge in [0.2, 0.25) is 0 Å². The molecule has 16 heavy (non-hydrogen) atoms. The molecule has 0 aromatic heterocycles. The SMILES string of the molecule is CCC=NC(C)=NCC1=CCN(CCC)S1. The highest BCUT2D eigenvalue weighted by atomic mass is 32.2. The summed E-state index contributed by atoms with van der Waals surface area (Å²) in [5.74, 6) is 0.872. The van der Waals surface area contributed by atoms with E-state index in [9.17, 15) is 0 Å². The second kappa shape index (κ2) is 7.63. The molecule has 0 fully saturated rings. The van der Waals surface area contributed by atoms with Crippen molar-refractivity contribution in [1.82, 2.24) is 4.31 Å². The molecular weight excluding hydrogens is 218 g/mol. The molecule has 1 heterocycles. The summed E-state index contributed by atoms with van der Waals surface area (Å²) in [6.45, 7) is 9.23. The molecule has 0 bridgehead atoms. The third-order valence-corrected chi connectivity index (χ3v) is 3.29. The Bertz CT molecular complexity index is 295. The Morgan fingerprint density at radius 2 is 2.38 bits per heavy atom. The Labute approximate surface area is 103 Å². The Balaban J connectivity index is 2.31. The van der Waals surface area contributed by atoms with E-state index in [1.165, 1.54) is 11.3 Å². The standard InChI is InChI=1S/C12H21N3S/c1-4-7-13-11(3)14-10-12-6-9-15(16-12)8-5-2/h6-7H,4-5,8-10H2,1-3H3. The fourth-order valence-electron chi connectivity index (χ4n) is 1.38. The summed E-state index contributed by atoms with van der Waals surface area (Å²) in [6.07, 6.45) is 6.34. The average Bonchev–Trinajstić information content (AvgIpc) is 2.72. The summed E-state index contributed by atoms with van der Waals surface area (Å²) in [5, 5.41) is 0. The van der Waals surface area contributed by atoms with E-state index in [-0.39, 0.29) is 0 Å². The van der Waals surface area contributed by atoms with Crippen LogP contribution in [-0.2, 0) is 0 Å². The monoisotopic (exact) mass is 239 g/mol. The van der Waals surface area contributed by atoms with Crippen LogP contribution >= 0.6 is 11.9 Å². The Hall–Kier alpha value is -0.610. The van der Waals surface area contributed by atoms with Gasteiger partial charge in [0.15, 0.2) is 0 Å². The molecule has 0 aromatic carbocycles. The minimum atomic E-state index is 0.776. The van der Waals surface area contributed by atoms with Crippen LogP contribution in [0.1, 0.15) is 33.6 Å². The van der Waals surface area contributed by atoms with Crippen molar-refractivity contribution in [2.45, 2.75) is 33.6 Å². The highest BCUT2D eigenvalue weighted by Crippen LogP contribution is 2.27. The summed E-state index contributed by atoms with van der Waals surface area (Å²) >= 11 is 1.84. The van der Waals surface area contributed by atoms with Crippen LogP contribution in [0, 0.1) is 0 Å². The maximum atomic E-state index is 4.44. The van der Waals surface area contributed by atoms with Crippen molar-refractivity contribution in [2.24, 2.45) is 9.98 Å². The van der Waals surface area contributed by atoms with E-state index in [1.807, 2.05) is 25.1 Å². The molecule has 0 saturated heterocycles. The zero-order valence-corrected chi connectivity index (χ0v) is 11.3. The van der Waals surface area contributed by atoms with Gasteiger partial charge in [-0.15, -0.1) is 0 Å². The first-order valence-electron chi connectivity index (χ1n) is 5.91. The lowest BCUT2D eigenvalue weighted by molar-refractivity contribution is 0.525. The molecule has 0 aromatic rings. The van der Waals surface area contributed by atoms with Crippen molar-refractivity contribution in [1.29, 1.82) is 0 Å². The van der Waals surface area contributed by atoms with Crippen molar-refractivity contribution in [3.05, 3.63) is 11.0 Å². The van der Waals surface area contributed by atoms with E-state index in [0.717, 1.165) is 31.9 Å². The van der Waals surface area contributed by atoms with Gasteiger partial charge in [-0.3, -0.25) is 4.99 Å². The first-order chi connectivity index (χ1) is 7.76. The fourth-order valence-corrected chi connectivity index (χ4v) is 2.41. The van der Waals surface area contributed by atoms with Gasteiger partial charge in [-0.05, 0) is 31.7 Å². The molecule has 0 spiro atoms. The van der Waals surface area contributed by atoms with Gasteiger partial charge in [-0.2, -0.15) is 0 Å². The summed E-state index contributed by atoms with van der Waals surface area (Å²) < 4.78 is 2.37. The first-order valence-corrected chi connectivity index (χ1v) is 6.69. The van der Waals surface area contributed by atoms with Crippen molar-refractivity contribution in [3.63, 3.8) is 0 Å². The molecule has 0 saturated carbocycles. The molecule has 0 N–H and O–H groups in total. The number of hydrogen-bond donors (Lipinski definition) is 0. The maximum Gasteiger partial charge on any atom is 0.120 e. The number of nitrogens with zero attached hydrogens (tertiary/aromatic N) is 3. The van der Waals surface area contributed by atoms with Gasteiger partial charge in [0.05, 0.1) is 6.54 Å². The van der Waals surface area contributed by atoms with Gasteiger partial charge in [0.1, 0.15) is 5.84 Å². The smallest absolute Gasteiger partial charge is 0.120 e. The molecule has 0 aliphatic carbocycles. The molecule has 0 radical (unpaired) electrons. The summed E-state index contributed by atoms with van der Waals surface area (Å²) in [4.78, 5) is 10.0. The largest absolute Gasteiger partial charge is 0.265 e. The second-order valence-corrected chi connectivity index (χ2v) is 4.96.